The first-order valence-corrected chi connectivity index (χ1v) is 15.0. The van der Waals surface area contributed by atoms with E-state index in [4.69, 9.17) is 23.2 Å². The van der Waals surface area contributed by atoms with Crippen LogP contribution in [0.2, 0.25) is 10.0 Å². The predicted octanol–water partition coefficient (Wildman–Crippen LogP) is 5.14. The first-order chi connectivity index (χ1) is 18.4. The Hall–Kier alpha value is -2.18. The highest BCUT2D eigenvalue weighted by Gasteiger charge is 2.37. The number of aromatic nitrogens is 2. The molecule has 13 heteroatoms. The largest absolute Gasteiger partial charge is 0.416 e. The van der Waals surface area contributed by atoms with E-state index in [1.807, 2.05) is 11.8 Å². The smallest absolute Gasteiger partial charge is 0.313 e. The fourth-order valence-electron chi connectivity index (χ4n) is 5.02. The van der Waals surface area contributed by atoms with Crippen LogP contribution in [-0.2, 0) is 29.1 Å². The van der Waals surface area contributed by atoms with Gasteiger partial charge in [0.05, 0.1) is 45.0 Å². The van der Waals surface area contributed by atoms with Crippen LogP contribution in [0.15, 0.2) is 40.3 Å². The number of hydrogen-bond acceptors (Lipinski definition) is 6. The third-order valence-corrected chi connectivity index (χ3v) is 9.39. The molecule has 0 saturated carbocycles. The monoisotopic (exact) mass is 604 g/mol. The molecule has 0 aliphatic carbocycles. The lowest BCUT2D eigenvalue weighted by Crippen LogP contribution is -2.45. The van der Waals surface area contributed by atoms with Crippen molar-refractivity contribution in [2.75, 3.05) is 25.4 Å². The highest BCUT2D eigenvalue weighted by atomic mass is 35.5. The van der Waals surface area contributed by atoms with Crippen molar-refractivity contribution in [1.29, 1.82) is 0 Å². The first-order valence-electron chi connectivity index (χ1n) is 12.6. The van der Waals surface area contributed by atoms with Gasteiger partial charge in [0.25, 0.3) is 5.56 Å². The number of nitrogens with one attached hydrogen (secondary N) is 1. The summed E-state index contributed by atoms with van der Waals surface area (Å²) >= 11 is 12.6. The lowest BCUT2D eigenvalue weighted by molar-refractivity contribution is -0.138. The number of sulfone groups is 1. The quantitative estimate of drug-likeness (QED) is 0.383. The molecule has 1 atom stereocenters. The number of likely N-dealkylation sites (N-methyl/N-ethyl adjacent to an activating group) is 1. The fraction of sp³-hybridized carbons (Fsp3) is 0.462. The molecule has 212 valence electrons. The van der Waals surface area contributed by atoms with E-state index in [-0.39, 0.29) is 61.9 Å². The van der Waals surface area contributed by atoms with Gasteiger partial charge in [0.1, 0.15) is 0 Å². The van der Waals surface area contributed by atoms with E-state index < -0.39 is 27.1 Å². The van der Waals surface area contributed by atoms with Gasteiger partial charge < -0.3 is 5.32 Å². The molecule has 1 aliphatic rings. The fourth-order valence-corrected chi connectivity index (χ4v) is 6.63. The summed E-state index contributed by atoms with van der Waals surface area (Å²) in [7, 11) is -3.65. The zero-order valence-corrected chi connectivity index (χ0v) is 23.8. The third kappa shape index (κ3) is 6.43. The Morgan fingerprint density at radius 2 is 1.90 bits per heavy atom. The van der Waals surface area contributed by atoms with Gasteiger partial charge in [-0.3, -0.25) is 14.3 Å². The van der Waals surface area contributed by atoms with Crippen molar-refractivity contribution < 1.29 is 21.6 Å². The second kappa shape index (κ2) is 11.7. The average molecular weight is 606 g/mol. The summed E-state index contributed by atoms with van der Waals surface area (Å²) in [4.78, 5) is 19.6. The number of nitrogens with zero attached hydrogens (tertiary/aromatic N) is 3. The number of fused-ring (bicyclic) bond motifs is 1. The van der Waals surface area contributed by atoms with Crippen LogP contribution in [0.3, 0.4) is 0 Å². The second-order valence-electron chi connectivity index (χ2n) is 9.58. The van der Waals surface area contributed by atoms with Gasteiger partial charge in [-0.25, -0.2) is 13.4 Å². The van der Waals surface area contributed by atoms with Crippen LogP contribution in [0.4, 0.5) is 13.2 Å². The Bertz CT molecular complexity index is 1540. The molecule has 0 spiro atoms. The Balaban J connectivity index is 1.79. The molecule has 7 nitrogen and oxygen atoms in total. The van der Waals surface area contributed by atoms with Crippen molar-refractivity contribution in [3.05, 3.63) is 67.7 Å². The molecule has 1 aliphatic heterocycles. The normalized spacial score (nSPS) is 17.2. The highest BCUT2D eigenvalue weighted by molar-refractivity contribution is 7.91. The minimum atomic E-state index is -4.76. The summed E-state index contributed by atoms with van der Waals surface area (Å²) in [6.07, 6.45) is -1.81. The van der Waals surface area contributed by atoms with E-state index in [9.17, 15) is 26.4 Å². The topological polar surface area (TPSA) is 84.3 Å². The molecule has 0 amide bonds. The average Bonchev–Trinajstić information content (AvgIpc) is 2.87. The number of halogens is 5. The van der Waals surface area contributed by atoms with Gasteiger partial charge in [-0.1, -0.05) is 37.0 Å². The van der Waals surface area contributed by atoms with Crippen molar-refractivity contribution in [2.24, 2.45) is 0 Å². The summed E-state index contributed by atoms with van der Waals surface area (Å²) in [5.41, 5.74) is -1.69. The molecule has 39 heavy (non-hydrogen) atoms. The maximum absolute atomic E-state index is 14.3. The molecule has 2 aromatic carbocycles. The zero-order valence-electron chi connectivity index (χ0n) is 21.5. The van der Waals surface area contributed by atoms with Gasteiger partial charge in [0.2, 0.25) is 0 Å². The number of rotatable bonds is 8. The van der Waals surface area contributed by atoms with Gasteiger partial charge in [0.15, 0.2) is 9.84 Å². The van der Waals surface area contributed by atoms with E-state index in [1.54, 1.807) is 0 Å². The van der Waals surface area contributed by atoms with Crippen LogP contribution in [0.5, 0.6) is 0 Å². The number of alkyl halides is 3. The first kappa shape index (κ1) is 29.8. The van der Waals surface area contributed by atoms with Crippen molar-refractivity contribution >= 4 is 43.9 Å². The van der Waals surface area contributed by atoms with E-state index in [0.29, 0.717) is 13.1 Å². The molecular formula is C26H29Cl2F3N4O3S. The van der Waals surface area contributed by atoms with Gasteiger partial charge in [0, 0.05) is 24.2 Å². The van der Waals surface area contributed by atoms with Crippen molar-refractivity contribution in [2.45, 2.75) is 56.9 Å². The number of benzene rings is 2. The lowest BCUT2D eigenvalue weighted by Gasteiger charge is -2.34. The summed E-state index contributed by atoms with van der Waals surface area (Å²) < 4.78 is 69.0. The highest BCUT2D eigenvalue weighted by Crippen LogP contribution is 2.39. The Morgan fingerprint density at radius 3 is 2.56 bits per heavy atom. The molecule has 1 fully saturated rings. The molecular weight excluding hydrogens is 576 g/mol. The molecule has 0 radical (unpaired) electrons. The minimum Gasteiger partial charge on any atom is -0.313 e. The summed E-state index contributed by atoms with van der Waals surface area (Å²) in [6, 6.07) is 5.17. The van der Waals surface area contributed by atoms with Crippen LogP contribution in [0, 0.1) is 0 Å². The predicted molar refractivity (Wildman–Crippen MR) is 146 cm³/mol. The molecule has 1 N–H and O–H groups in total. The van der Waals surface area contributed by atoms with Crippen LogP contribution < -0.4 is 10.9 Å². The summed E-state index contributed by atoms with van der Waals surface area (Å²) in [5, 5.41) is 3.08. The number of piperidine rings is 1. The Kier molecular flexibility index (Phi) is 8.97. The Morgan fingerprint density at radius 1 is 1.15 bits per heavy atom. The molecule has 1 aromatic heterocycles. The maximum atomic E-state index is 14.3. The van der Waals surface area contributed by atoms with E-state index >= 15 is 0 Å². The molecule has 4 rings (SSSR count). The zero-order chi connectivity index (χ0) is 28.5. The van der Waals surface area contributed by atoms with Gasteiger partial charge in [-0.2, -0.15) is 13.2 Å². The van der Waals surface area contributed by atoms with Gasteiger partial charge >= 0.3 is 6.18 Å². The van der Waals surface area contributed by atoms with Gasteiger partial charge in [-0.15, -0.1) is 0 Å². The molecule has 0 bridgehead atoms. The number of likely N-dealkylation sites (tertiary alicyclic amines) is 1. The minimum absolute atomic E-state index is 0.0110. The lowest BCUT2D eigenvalue weighted by atomic mass is 10.0. The molecule has 0 unspecified atom stereocenters. The van der Waals surface area contributed by atoms with E-state index in [0.717, 1.165) is 30.0 Å². The maximum Gasteiger partial charge on any atom is 0.416 e. The van der Waals surface area contributed by atoms with E-state index in [1.165, 1.54) is 31.5 Å². The summed E-state index contributed by atoms with van der Waals surface area (Å²) in [6.45, 7) is 5.16. The second-order valence-corrected chi connectivity index (χ2v) is 12.6. The van der Waals surface area contributed by atoms with Crippen molar-refractivity contribution in [1.82, 2.24) is 19.8 Å². The summed E-state index contributed by atoms with van der Waals surface area (Å²) in [5.74, 6) is -0.175. The van der Waals surface area contributed by atoms with Crippen LogP contribution in [0.25, 0.3) is 10.9 Å². The van der Waals surface area contributed by atoms with Crippen molar-refractivity contribution in [3.63, 3.8) is 0 Å². The Labute approximate surface area is 234 Å². The standard InChI is InChI=1S/C26H29Cl2F3N4O3S/c1-3-32-18-6-5-9-34(13-18)14-20-21(26(29,30)31)11-19-24(23(20)28)33-15-35(25(19)36)12-16-10-17(27)7-8-22(16)39(37,38)4-2/h7-8,10-11,15,18,32H,3-6,9,12-14H2,1-2H3/t18-/m0/s1. The third-order valence-electron chi connectivity index (χ3n) is 6.92. The molecule has 3 aromatic rings. The van der Waals surface area contributed by atoms with Crippen molar-refractivity contribution in [3.8, 4) is 0 Å². The van der Waals surface area contributed by atoms with Crippen LogP contribution >= 0.6 is 23.2 Å². The molecule has 1 saturated heterocycles. The molecule has 2 heterocycles. The SMILES string of the molecule is CCN[C@H]1CCCN(Cc2c(C(F)(F)F)cc3c(=O)n(Cc4cc(Cl)ccc4S(=O)(=O)CC)cnc3c2Cl)C1. The van der Waals surface area contributed by atoms with Gasteiger partial charge in [-0.05, 0) is 61.3 Å². The van der Waals surface area contributed by atoms with Crippen LogP contribution in [-0.4, -0.2) is 54.3 Å². The van der Waals surface area contributed by atoms with Crippen LogP contribution in [0.1, 0.15) is 43.4 Å². The number of hydrogen-bond donors (Lipinski definition) is 1. The van der Waals surface area contributed by atoms with E-state index in [2.05, 4.69) is 10.3 Å².